The van der Waals surface area contributed by atoms with Crippen LogP contribution in [0.25, 0.3) is 11.1 Å². The van der Waals surface area contributed by atoms with Crippen LogP contribution in [0.1, 0.15) is 16.7 Å². The van der Waals surface area contributed by atoms with Gasteiger partial charge in [0.15, 0.2) is 0 Å². The standard InChI is InChI=1S/C25H19BO3/c27-26(28)16-13-14-24-22(15-16)25(21-11-5-6-12-23(21)29-24)19-9-3-1-7-17(19)18-8-2-4-10-20(18)25/h1-15,21,23,27-28H. The summed E-state index contributed by atoms with van der Waals surface area (Å²) in [5.74, 6) is 0.859. The van der Waals surface area contributed by atoms with Gasteiger partial charge in [0.1, 0.15) is 11.9 Å². The van der Waals surface area contributed by atoms with Crippen molar-refractivity contribution in [1.29, 1.82) is 0 Å². The highest BCUT2D eigenvalue weighted by Gasteiger charge is 2.55. The van der Waals surface area contributed by atoms with E-state index in [1.165, 1.54) is 22.3 Å². The Bertz CT molecular complexity index is 1150. The van der Waals surface area contributed by atoms with E-state index < -0.39 is 12.5 Å². The summed E-state index contributed by atoms with van der Waals surface area (Å²) >= 11 is 0. The van der Waals surface area contributed by atoms with Crippen molar-refractivity contribution in [3.8, 4) is 16.9 Å². The second-order valence-electron chi connectivity index (χ2n) is 7.91. The Hall–Kier alpha value is -3.08. The maximum atomic E-state index is 9.87. The Kier molecular flexibility index (Phi) is 3.46. The highest BCUT2D eigenvalue weighted by atomic mass is 16.5. The minimum Gasteiger partial charge on any atom is -0.485 e. The Balaban J connectivity index is 1.77. The SMILES string of the molecule is OB(O)c1ccc2c(c1)C1(c3ccccc3-c3ccccc31)C1C=CC=CC1O2. The zero-order valence-corrected chi connectivity index (χ0v) is 15.7. The first-order valence-electron chi connectivity index (χ1n) is 9.93. The first-order chi connectivity index (χ1) is 14.2. The van der Waals surface area contributed by atoms with Crippen LogP contribution >= 0.6 is 0 Å². The van der Waals surface area contributed by atoms with Crippen LogP contribution in [0.15, 0.2) is 91.0 Å². The van der Waals surface area contributed by atoms with Crippen LogP contribution in [0.2, 0.25) is 0 Å². The van der Waals surface area contributed by atoms with Crippen molar-refractivity contribution in [3.05, 3.63) is 108 Å². The lowest BCUT2D eigenvalue weighted by Gasteiger charge is -2.47. The van der Waals surface area contributed by atoms with Crippen molar-refractivity contribution in [2.24, 2.45) is 5.92 Å². The molecule has 6 rings (SSSR count). The van der Waals surface area contributed by atoms with Gasteiger partial charge in [0.25, 0.3) is 0 Å². The van der Waals surface area contributed by atoms with E-state index in [2.05, 4.69) is 66.8 Å². The molecule has 1 spiro atoms. The van der Waals surface area contributed by atoms with Crippen LogP contribution in [0.3, 0.4) is 0 Å². The third-order valence-electron chi connectivity index (χ3n) is 6.57. The predicted octanol–water partition coefficient (Wildman–Crippen LogP) is 3.18. The van der Waals surface area contributed by atoms with Gasteiger partial charge in [-0.05, 0) is 39.9 Å². The van der Waals surface area contributed by atoms with Crippen LogP contribution in [0.5, 0.6) is 5.75 Å². The van der Waals surface area contributed by atoms with Crippen LogP contribution in [0, 0.1) is 5.92 Å². The molecule has 3 aromatic rings. The molecule has 2 unspecified atom stereocenters. The Morgan fingerprint density at radius 2 is 1.41 bits per heavy atom. The van der Waals surface area contributed by atoms with E-state index in [0.29, 0.717) is 5.46 Å². The minimum absolute atomic E-state index is 0.0656. The molecular formula is C25H19BO3. The van der Waals surface area contributed by atoms with Crippen molar-refractivity contribution < 1.29 is 14.8 Å². The van der Waals surface area contributed by atoms with Gasteiger partial charge in [-0.2, -0.15) is 0 Å². The molecule has 0 aromatic heterocycles. The maximum Gasteiger partial charge on any atom is 0.488 e. The van der Waals surface area contributed by atoms with E-state index >= 15 is 0 Å². The second kappa shape index (κ2) is 5.96. The first-order valence-corrected chi connectivity index (χ1v) is 9.93. The van der Waals surface area contributed by atoms with Crippen molar-refractivity contribution in [2.75, 3.05) is 0 Å². The van der Waals surface area contributed by atoms with Crippen molar-refractivity contribution in [1.82, 2.24) is 0 Å². The fraction of sp³-hybridized carbons (Fsp3) is 0.120. The summed E-state index contributed by atoms with van der Waals surface area (Å²) in [5, 5.41) is 19.7. The highest BCUT2D eigenvalue weighted by Crippen LogP contribution is 2.61. The van der Waals surface area contributed by atoms with Gasteiger partial charge in [-0.15, -0.1) is 0 Å². The lowest BCUT2D eigenvalue weighted by molar-refractivity contribution is 0.141. The van der Waals surface area contributed by atoms with Gasteiger partial charge < -0.3 is 14.8 Å². The van der Waals surface area contributed by atoms with Crippen LogP contribution in [-0.4, -0.2) is 23.3 Å². The molecule has 0 saturated heterocycles. The molecule has 0 amide bonds. The van der Waals surface area contributed by atoms with Gasteiger partial charge in [0, 0.05) is 11.5 Å². The average Bonchev–Trinajstić information content (AvgIpc) is 3.05. The summed E-state index contributed by atoms with van der Waals surface area (Å²) < 4.78 is 6.39. The quantitative estimate of drug-likeness (QED) is 0.640. The molecule has 29 heavy (non-hydrogen) atoms. The summed E-state index contributed by atoms with van der Waals surface area (Å²) in [5.41, 5.74) is 5.96. The number of fused-ring (bicyclic) bond motifs is 9. The van der Waals surface area contributed by atoms with Gasteiger partial charge >= 0.3 is 7.12 Å². The number of allylic oxidation sites excluding steroid dienone is 2. The molecule has 0 saturated carbocycles. The fourth-order valence-electron chi connectivity index (χ4n) is 5.45. The number of benzene rings is 3. The molecule has 1 aliphatic heterocycles. The molecule has 0 radical (unpaired) electrons. The lowest BCUT2D eigenvalue weighted by Crippen LogP contribution is -2.48. The normalized spacial score (nSPS) is 21.7. The van der Waals surface area contributed by atoms with Gasteiger partial charge in [-0.25, -0.2) is 0 Å². The molecule has 4 heteroatoms. The third-order valence-corrected chi connectivity index (χ3v) is 6.57. The number of rotatable bonds is 1. The molecule has 1 heterocycles. The van der Waals surface area contributed by atoms with E-state index in [1.54, 1.807) is 6.07 Å². The van der Waals surface area contributed by atoms with Crippen molar-refractivity contribution in [3.63, 3.8) is 0 Å². The zero-order valence-electron chi connectivity index (χ0n) is 15.7. The van der Waals surface area contributed by atoms with Gasteiger partial charge in [-0.1, -0.05) is 78.9 Å². The molecule has 3 nitrogen and oxygen atoms in total. The van der Waals surface area contributed by atoms with Crippen molar-refractivity contribution in [2.45, 2.75) is 11.5 Å². The number of hydrogen-bond donors (Lipinski definition) is 2. The summed E-state index contributed by atoms with van der Waals surface area (Å²) in [4.78, 5) is 0. The second-order valence-corrected chi connectivity index (χ2v) is 7.91. The Labute approximate surface area is 169 Å². The van der Waals surface area contributed by atoms with E-state index in [0.717, 1.165) is 11.3 Å². The molecule has 2 atom stereocenters. The summed E-state index contributed by atoms with van der Waals surface area (Å²) in [6.07, 6.45) is 8.39. The van der Waals surface area contributed by atoms with Crippen molar-refractivity contribution >= 4 is 12.6 Å². The number of ether oxygens (including phenoxy) is 1. The van der Waals surface area contributed by atoms with E-state index in [9.17, 15) is 10.0 Å². The molecule has 3 aromatic carbocycles. The fourth-order valence-corrected chi connectivity index (χ4v) is 5.45. The lowest BCUT2D eigenvalue weighted by atomic mass is 9.59. The van der Waals surface area contributed by atoms with E-state index in [1.807, 2.05) is 18.2 Å². The summed E-state index contributed by atoms with van der Waals surface area (Å²) in [7, 11) is -1.52. The smallest absolute Gasteiger partial charge is 0.485 e. The molecule has 2 aliphatic carbocycles. The zero-order chi connectivity index (χ0) is 19.6. The van der Waals surface area contributed by atoms with Gasteiger partial charge in [0.2, 0.25) is 0 Å². The van der Waals surface area contributed by atoms with Gasteiger partial charge in [0.05, 0.1) is 5.41 Å². The summed E-state index contributed by atoms with van der Waals surface area (Å²) in [6, 6.07) is 22.6. The van der Waals surface area contributed by atoms with E-state index in [-0.39, 0.29) is 12.0 Å². The molecule has 3 aliphatic rings. The average molecular weight is 378 g/mol. The molecular weight excluding hydrogens is 359 g/mol. The highest BCUT2D eigenvalue weighted by molar-refractivity contribution is 6.58. The monoisotopic (exact) mass is 378 g/mol. The molecule has 0 bridgehead atoms. The Morgan fingerprint density at radius 3 is 2.10 bits per heavy atom. The topological polar surface area (TPSA) is 49.7 Å². The largest absolute Gasteiger partial charge is 0.488 e. The first kappa shape index (κ1) is 16.8. The molecule has 2 N–H and O–H groups in total. The van der Waals surface area contributed by atoms with Crippen LogP contribution < -0.4 is 10.2 Å². The number of hydrogen-bond acceptors (Lipinski definition) is 3. The van der Waals surface area contributed by atoms with E-state index in [4.69, 9.17) is 4.74 Å². The van der Waals surface area contributed by atoms with Gasteiger partial charge in [-0.3, -0.25) is 0 Å². The maximum absolute atomic E-state index is 9.87. The molecule has 0 fully saturated rings. The van der Waals surface area contributed by atoms with Crippen LogP contribution in [0.4, 0.5) is 0 Å². The molecule has 140 valence electrons. The Morgan fingerprint density at radius 1 is 0.759 bits per heavy atom. The van der Waals surface area contributed by atoms with Crippen LogP contribution in [-0.2, 0) is 5.41 Å². The predicted molar refractivity (Wildman–Crippen MR) is 114 cm³/mol. The minimum atomic E-state index is -1.52. The third kappa shape index (κ3) is 2.10. The summed E-state index contributed by atoms with van der Waals surface area (Å²) in [6.45, 7) is 0.